The Morgan fingerprint density at radius 3 is 1.51 bits per heavy atom. The molecule has 29 heteroatoms. The van der Waals surface area contributed by atoms with Crippen LogP contribution in [-0.2, 0) is 64.0 Å². The minimum absolute atomic E-state index is 0. The summed E-state index contributed by atoms with van der Waals surface area (Å²) in [6.45, 7) is 24.4. The molecular formula is C56H87Na5O19S5. The molecule has 0 radical (unpaired) electrons. The van der Waals surface area contributed by atoms with Gasteiger partial charge in [0.1, 0.15) is 22.3 Å². The van der Waals surface area contributed by atoms with Crippen LogP contribution in [0, 0.1) is 116 Å². The summed E-state index contributed by atoms with van der Waals surface area (Å²) >= 11 is 0. The molecule has 85 heavy (non-hydrogen) atoms. The van der Waals surface area contributed by atoms with Gasteiger partial charge in [-0.1, -0.05) is 85.6 Å². The molecule has 0 aliphatic heterocycles. The van der Waals surface area contributed by atoms with E-state index in [2.05, 4.69) is 74.5 Å². The van der Waals surface area contributed by atoms with E-state index in [0.717, 1.165) is 44.9 Å². The van der Waals surface area contributed by atoms with Gasteiger partial charge in [0.25, 0.3) is 0 Å². The molecule has 19 nitrogen and oxygen atoms in total. The monoisotopic (exact) mass is 1340 g/mol. The fraction of sp³-hybridized carbons (Fsp3) is 0.929. The van der Waals surface area contributed by atoms with Gasteiger partial charge in [-0.15, -0.1) is 0 Å². The molecule has 9 rings (SSSR count). The number of aliphatic hydroxyl groups excluding tert-OH is 1. The molecule has 0 saturated heterocycles. The fourth-order valence-electron chi connectivity index (χ4n) is 22.5. The van der Waals surface area contributed by atoms with Gasteiger partial charge >= 0.3 is 148 Å². The van der Waals surface area contributed by atoms with E-state index in [1.54, 1.807) is 0 Å². The number of hydrogen-bond donors (Lipinski definition) is 1. The van der Waals surface area contributed by atoms with Gasteiger partial charge in [0, 0.05) is 0 Å². The third-order valence-electron chi connectivity index (χ3n) is 24.9. The predicted molar refractivity (Wildman–Crippen MR) is 289 cm³/mol. The molecule has 8 unspecified atom stereocenters. The molecule has 9 aliphatic carbocycles. The first-order valence-electron chi connectivity index (χ1n) is 29.3. The zero-order chi connectivity index (χ0) is 59.4. The zero-order valence-electron chi connectivity index (χ0n) is 53.2. The maximum Gasteiger partial charge on any atom is 1.00 e. The van der Waals surface area contributed by atoms with Crippen molar-refractivity contribution in [3.05, 3.63) is 23.3 Å². The summed E-state index contributed by atoms with van der Waals surface area (Å²) in [5, 5.41) is 8.07. The SMILES string of the molecule is CC1=CC(C)(C)C(/C(C)=C/[C@@H](C)[C@H]2CC[C@H]3[C@@H]4CC(S(=O)(=O)[O-])C5CC(O)C(S(=O)(=O)[O-])C[C@]5(C)[C@H]4CC[C@]23C)C1C(C)C[C@@H](C)[C@H]1CC[C@H]2[C@@H]3C[C@H](OS(=O)(=O)[O-])C4C[C@H](OS(=O)(=O)[O-])[C@@H](OS(=O)(=O)[O-])C[C@]4(C)[C@H]3CC[C@]12C.[Na+].[Na+].[Na+].[Na+].[Na+]. The van der Waals surface area contributed by atoms with Crippen LogP contribution in [0.2, 0.25) is 0 Å². The molecule has 8 fully saturated rings. The molecule has 9 aliphatic rings. The van der Waals surface area contributed by atoms with E-state index in [1.165, 1.54) is 11.1 Å². The van der Waals surface area contributed by atoms with Crippen LogP contribution < -0.4 is 148 Å². The normalized spacial score (nSPS) is 44.3. The van der Waals surface area contributed by atoms with Gasteiger partial charge in [-0.05, 0) is 226 Å². The Hall–Kier alpha value is 3.87. The molecule has 1 N–H and O–H groups in total. The molecular weight excluding hydrogens is 1250 g/mol. The van der Waals surface area contributed by atoms with Crippen LogP contribution in [0.3, 0.4) is 0 Å². The van der Waals surface area contributed by atoms with Gasteiger partial charge in [-0.25, -0.2) is 42.1 Å². The largest absolute Gasteiger partial charge is 1.00 e. The summed E-state index contributed by atoms with van der Waals surface area (Å²) < 4.78 is 200. The summed E-state index contributed by atoms with van der Waals surface area (Å²) in [6, 6.07) is 0. The van der Waals surface area contributed by atoms with Crippen molar-refractivity contribution in [2.24, 2.45) is 116 Å². The van der Waals surface area contributed by atoms with Crippen molar-refractivity contribution in [2.75, 3.05) is 0 Å². The quantitative estimate of drug-likeness (QED) is 0.0689. The van der Waals surface area contributed by atoms with Crippen LogP contribution in [0.25, 0.3) is 0 Å². The van der Waals surface area contributed by atoms with Crippen LogP contribution in [0.15, 0.2) is 23.3 Å². The molecule has 0 aromatic heterocycles. The average Bonchev–Trinajstić information content (AvgIpc) is 2.86. The maximum absolute atomic E-state index is 13.1. The van der Waals surface area contributed by atoms with Crippen LogP contribution in [0.5, 0.6) is 0 Å². The van der Waals surface area contributed by atoms with Crippen LogP contribution in [-0.4, -0.2) is 105 Å². The van der Waals surface area contributed by atoms with Crippen molar-refractivity contribution in [2.45, 2.75) is 207 Å². The van der Waals surface area contributed by atoms with Gasteiger partial charge < -0.3 is 27.9 Å². The Morgan fingerprint density at radius 1 is 0.553 bits per heavy atom. The number of fused-ring (bicyclic) bond motifs is 10. The second kappa shape index (κ2) is 28.4. The predicted octanol–water partition coefficient (Wildman–Crippen LogP) is -7.05. The van der Waals surface area contributed by atoms with Crippen LogP contribution >= 0.6 is 0 Å². The molecule has 0 aromatic rings. The molecule has 0 bridgehead atoms. The first-order chi connectivity index (χ1) is 36.4. The molecule has 0 heterocycles. The Kier molecular flexibility index (Phi) is 27.1. The van der Waals surface area contributed by atoms with Gasteiger partial charge in [-0.3, -0.25) is 12.5 Å². The molecule has 8 saturated carbocycles. The summed E-state index contributed by atoms with van der Waals surface area (Å²) in [6.07, 6.45) is 5.50. The molecule has 0 amide bonds. The van der Waals surface area contributed by atoms with Crippen molar-refractivity contribution in [3.63, 3.8) is 0 Å². The van der Waals surface area contributed by atoms with Gasteiger partial charge in [-0.2, -0.15) is 0 Å². The summed E-state index contributed by atoms with van der Waals surface area (Å²) in [5.74, 6) is -0.341. The maximum atomic E-state index is 13.1. The molecule has 460 valence electrons. The zero-order valence-corrected chi connectivity index (χ0v) is 67.3. The fourth-order valence-corrected chi connectivity index (χ4v) is 26.3. The second-order valence-corrected chi connectivity index (χ2v) is 35.4. The van der Waals surface area contributed by atoms with Crippen LogP contribution in [0.1, 0.15) is 172 Å². The second-order valence-electron chi connectivity index (χ2n) is 29.2. The van der Waals surface area contributed by atoms with Crippen molar-refractivity contribution in [3.8, 4) is 0 Å². The third-order valence-corrected chi connectivity index (χ3v) is 28.8. The molecule has 0 aromatic carbocycles. The Labute approximate surface area is 619 Å². The van der Waals surface area contributed by atoms with Gasteiger partial charge in [0.2, 0.25) is 31.2 Å². The van der Waals surface area contributed by atoms with E-state index in [1.807, 2.05) is 13.8 Å². The van der Waals surface area contributed by atoms with Crippen molar-refractivity contribution in [1.82, 2.24) is 0 Å². The number of allylic oxidation sites excluding steroid dienone is 4. The summed E-state index contributed by atoms with van der Waals surface area (Å²) in [4.78, 5) is 0. The van der Waals surface area contributed by atoms with Crippen molar-refractivity contribution < 1.29 is 230 Å². The van der Waals surface area contributed by atoms with Crippen molar-refractivity contribution >= 4 is 51.4 Å². The number of hydrogen-bond acceptors (Lipinski definition) is 19. The van der Waals surface area contributed by atoms with E-state index in [9.17, 15) is 70.0 Å². The van der Waals surface area contributed by atoms with E-state index < -0.39 is 115 Å². The third kappa shape index (κ3) is 15.9. The van der Waals surface area contributed by atoms with Crippen LogP contribution in [0.4, 0.5) is 0 Å². The minimum atomic E-state index is -5.44. The van der Waals surface area contributed by atoms with Gasteiger partial charge in [0.05, 0.1) is 32.8 Å². The topological polar surface area (TPSA) is 334 Å². The average molecular weight is 1340 g/mol. The van der Waals surface area contributed by atoms with Crippen molar-refractivity contribution in [1.29, 1.82) is 0 Å². The first-order valence-corrected chi connectivity index (χ1v) is 36.2. The van der Waals surface area contributed by atoms with E-state index in [0.29, 0.717) is 12.8 Å². The Bertz CT molecular complexity index is 3060. The number of aliphatic hydroxyl groups is 1. The smallest absolute Gasteiger partial charge is 0.748 e. The van der Waals surface area contributed by atoms with Gasteiger partial charge in [0.15, 0.2) is 0 Å². The number of rotatable bonds is 15. The minimum Gasteiger partial charge on any atom is -0.748 e. The first kappa shape index (κ1) is 81.3. The van der Waals surface area contributed by atoms with E-state index in [-0.39, 0.29) is 273 Å². The standard InChI is InChI=1S/C56H92O19S5.5Na/c1-29(36-12-14-38-34-22-45(73-78(64,65)66)42-25-46(74-79(67,68)69)47(75-80(70,71)72)27-55(42,10)40(34)16-18-53(36,38)8)20-31(3)50-33(5)26-52(6,7)51(50)32(4)21-30(2)37-13-15-39-35-23-48(76(58,59)60)43-24-44(57)49(77(61,62)63)28-56(43,11)41(35)17-19-54(37,39)9;;;;;/h21,26,29-31,34-51,57H,12-20,22-25,27-28H2,1-11H3,(H,58,59,60)(H,61,62,63)(H,64,65,66)(H,67,68,69)(H,70,71,72);;;;;/q;5*+1/p-5/b32-21+;;;;;/t29-,30-,31?,34+,35+,36-,37-,38+,39+,40+,41+,42?,43?,44?,45+,46+,47+,48?,49?,50?,51?,53-,54-,55-,56-;;;;;/m1...../s1. The summed E-state index contributed by atoms with van der Waals surface area (Å²) in [5.41, 5.74) is 0.209. The Morgan fingerprint density at radius 2 is 1.00 bits per heavy atom. The Balaban J connectivity index is 0.00000310. The van der Waals surface area contributed by atoms with E-state index in [4.69, 9.17) is 12.5 Å². The molecule has 25 atom stereocenters. The summed E-state index contributed by atoms with van der Waals surface area (Å²) in [7, 11) is -25.9. The van der Waals surface area contributed by atoms with E-state index >= 15 is 0 Å². The molecule has 0 spiro atoms.